The van der Waals surface area contributed by atoms with Crippen LogP contribution in [-0.4, -0.2) is 42.0 Å². The Morgan fingerprint density at radius 3 is 2.64 bits per heavy atom. The van der Waals surface area contributed by atoms with Crippen LogP contribution in [-0.2, 0) is 11.3 Å². The molecule has 9 nitrogen and oxygen atoms in total. The van der Waals surface area contributed by atoms with E-state index in [2.05, 4.69) is 25.5 Å². The highest BCUT2D eigenvalue weighted by Gasteiger charge is 2.24. The predicted octanol–water partition coefficient (Wildman–Crippen LogP) is 3.84. The van der Waals surface area contributed by atoms with E-state index >= 15 is 0 Å². The van der Waals surface area contributed by atoms with Crippen molar-refractivity contribution >= 4 is 11.8 Å². The number of benzene rings is 1. The van der Waals surface area contributed by atoms with Crippen molar-refractivity contribution in [3.8, 4) is 22.9 Å². The number of carboxylic acid groups (broad SMARTS) is 1. The number of aliphatic carboxylic acids is 1. The number of nitrogens with zero attached hydrogens (tertiary/aromatic N) is 5. The lowest BCUT2D eigenvalue weighted by Gasteiger charge is -2.18. The third-order valence-electron chi connectivity index (χ3n) is 4.96. The van der Waals surface area contributed by atoms with Gasteiger partial charge in [-0.1, -0.05) is 37.2 Å². The second-order valence-corrected chi connectivity index (χ2v) is 7.64. The van der Waals surface area contributed by atoms with Crippen molar-refractivity contribution in [2.24, 2.45) is 5.92 Å². The highest BCUT2D eigenvalue weighted by atomic mass is 19.1. The molecule has 0 radical (unpaired) electrons. The van der Waals surface area contributed by atoms with Crippen LogP contribution in [0.15, 0.2) is 53.4 Å². The second kappa shape index (κ2) is 9.15. The van der Waals surface area contributed by atoms with Gasteiger partial charge in [-0.05, 0) is 18.1 Å². The second-order valence-electron chi connectivity index (χ2n) is 7.64. The van der Waals surface area contributed by atoms with Gasteiger partial charge < -0.3 is 14.9 Å². The van der Waals surface area contributed by atoms with Gasteiger partial charge in [0, 0.05) is 11.6 Å². The molecular weight excluding hydrogens is 434 g/mol. The van der Waals surface area contributed by atoms with Crippen LogP contribution in [0.4, 0.5) is 14.6 Å². The van der Waals surface area contributed by atoms with Gasteiger partial charge in [-0.3, -0.25) is 4.68 Å². The van der Waals surface area contributed by atoms with Crippen LogP contribution in [0.2, 0.25) is 0 Å². The van der Waals surface area contributed by atoms with Gasteiger partial charge in [0.05, 0.1) is 18.4 Å². The largest absolute Gasteiger partial charge is 0.480 e. The van der Waals surface area contributed by atoms with E-state index in [1.54, 1.807) is 44.2 Å². The lowest BCUT2D eigenvalue weighted by atomic mass is 10.1. The Balaban J connectivity index is 1.74. The third-order valence-corrected chi connectivity index (χ3v) is 4.96. The molecule has 0 unspecified atom stereocenters. The average molecular weight is 454 g/mol. The van der Waals surface area contributed by atoms with Gasteiger partial charge >= 0.3 is 5.97 Å². The number of halogens is 2. The highest BCUT2D eigenvalue weighted by Crippen LogP contribution is 2.26. The van der Waals surface area contributed by atoms with Crippen molar-refractivity contribution in [1.29, 1.82) is 0 Å². The number of hydrogen-bond donors (Lipinski definition) is 2. The number of aromatic nitrogens is 5. The first-order valence-corrected chi connectivity index (χ1v) is 10.1. The van der Waals surface area contributed by atoms with Gasteiger partial charge in [0.1, 0.15) is 29.5 Å². The molecule has 3 aromatic heterocycles. The molecule has 0 aliphatic carbocycles. The molecule has 33 heavy (non-hydrogen) atoms. The number of carbonyl (C=O) groups is 1. The zero-order valence-corrected chi connectivity index (χ0v) is 17.7. The zero-order chi connectivity index (χ0) is 23.5. The Bertz CT molecular complexity index is 1270. The standard InChI is InChI=1S/C22H20F2N6O3/c1-12(2)19(22(31)32)26-20-15(24)10-25-21(27-20)17-9-18(16-7-8-33-29-16)30(28-17)11-13-5-3-4-6-14(13)23/h3-10,12,19H,11H2,1-2H3,(H,31,32)(H,25,26,27)/t19-/m0/s1. The molecule has 0 spiro atoms. The first-order valence-electron chi connectivity index (χ1n) is 10.1. The summed E-state index contributed by atoms with van der Waals surface area (Å²) in [6.45, 7) is 3.48. The summed E-state index contributed by atoms with van der Waals surface area (Å²) in [7, 11) is 0. The fourth-order valence-corrected chi connectivity index (χ4v) is 3.24. The summed E-state index contributed by atoms with van der Waals surface area (Å²) < 4.78 is 35.0. The highest BCUT2D eigenvalue weighted by molar-refractivity contribution is 5.77. The SMILES string of the molecule is CC(C)[C@H](Nc1nc(-c2cc(-c3ccon3)n(Cc3ccccc3F)n2)ncc1F)C(=O)O. The molecule has 0 fully saturated rings. The minimum absolute atomic E-state index is 0.0591. The van der Waals surface area contributed by atoms with E-state index in [9.17, 15) is 18.7 Å². The van der Waals surface area contributed by atoms with Crippen molar-refractivity contribution in [2.75, 3.05) is 5.32 Å². The van der Waals surface area contributed by atoms with E-state index in [0.717, 1.165) is 6.20 Å². The van der Waals surface area contributed by atoms with Gasteiger partial charge in [-0.25, -0.2) is 23.5 Å². The molecule has 0 aliphatic heterocycles. The van der Waals surface area contributed by atoms with E-state index in [1.165, 1.54) is 17.0 Å². The average Bonchev–Trinajstić information content (AvgIpc) is 3.44. The molecular formula is C22H20F2N6O3. The van der Waals surface area contributed by atoms with Crippen LogP contribution in [0.3, 0.4) is 0 Å². The summed E-state index contributed by atoms with van der Waals surface area (Å²) in [4.78, 5) is 19.7. The quantitative estimate of drug-likeness (QED) is 0.412. The van der Waals surface area contributed by atoms with Gasteiger partial charge in [0.15, 0.2) is 17.5 Å². The number of hydrogen-bond acceptors (Lipinski definition) is 7. The molecule has 4 rings (SSSR count). The Labute approximate surface area is 187 Å². The van der Waals surface area contributed by atoms with E-state index in [0.29, 0.717) is 17.0 Å². The lowest BCUT2D eigenvalue weighted by Crippen LogP contribution is -2.35. The summed E-state index contributed by atoms with van der Waals surface area (Å²) in [5, 5.41) is 20.4. The van der Waals surface area contributed by atoms with Crippen LogP contribution >= 0.6 is 0 Å². The van der Waals surface area contributed by atoms with Crippen molar-refractivity contribution < 1.29 is 23.2 Å². The summed E-state index contributed by atoms with van der Waals surface area (Å²) in [5.41, 5.74) is 1.63. The van der Waals surface area contributed by atoms with Crippen molar-refractivity contribution in [3.63, 3.8) is 0 Å². The minimum atomic E-state index is -1.13. The van der Waals surface area contributed by atoms with Crippen LogP contribution in [0.25, 0.3) is 22.9 Å². The summed E-state index contributed by atoms with van der Waals surface area (Å²) in [5.74, 6) is -2.84. The summed E-state index contributed by atoms with van der Waals surface area (Å²) in [6, 6.07) is 8.49. The van der Waals surface area contributed by atoms with Crippen molar-refractivity contribution in [1.82, 2.24) is 24.9 Å². The van der Waals surface area contributed by atoms with E-state index < -0.39 is 23.6 Å². The maximum Gasteiger partial charge on any atom is 0.326 e. The van der Waals surface area contributed by atoms with Crippen LogP contribution < -0.4 is 5.32 Å². The fraction of sp³-hybridized carbons (Fsp3) is 0.227. The Kier molecular flexibility index (Phi) is 6.11. The molecule has 0 amide bonds. The maximum atomic E-state index is 14.3. The first-order chi connectivity index (χ1) is 15.8. The van der Waals surface area contributed by atoms with Gasteiger partial charge in [0.25, 0.3) is 0 Å². The summed E-state index contributed by atoms with van der Waals surface area (Å²) >= 11 is 0. The first kappa shape index (κ1) is 22.1. The fourth-order valence-electron chi connectivity index (χ4n) is 3.24. The minimum Gasteiger partial charge on any atom is -0.480 e. The molecule has 4 aromatic rings. The number of nitrogens with one attached hydrogen (secondary N) is 1. The van der Waals surface area contributed by atoms with Crippen LogP contribution in [0.1, 0.15) is 19.4 Å². The molecule has 3 heterocycles. The Morgan fingerprint density at radius 1 is 1.18 bits per heavy atom. The molecule has 0 saturated carbocycles. The van der Waals surface area contributed by atoms with E-state index in [1.807, 2.05) is 0 Å². The van der Waals surface area contributed by atoms with Crippen LogP contribution in [0.5, 0.6) is 0 Å². The third kappa shape index (κ3) is 4.71. The summed E-state index contributed by atoms with van der Waals surface area (Å²) in [6.07, 6.45) is 2.33. The lowest BCUT2D eigenvalue weighted by molar-refractivity contribution is -0.138. The van der Waals surface area contributed by atoms with Crippen molar-refractivity contribution in [2.45, 2.75) is 26.4 Å². The Morgan fingerprint density at radius 2 is 1.97 bits per heavy atom. The van der Waals surface area contributed by atoms with Gasteiger partial charge in [-0.2, -0.15) is 5.10 Å². The molecule has 1 aromatic carbocycles. The molecule has 1 atom stereocenters. The zero-order valence-electron chi connectivity index (χ0n) is 17.7. The van der Waals surface area contributed by atoms with E-state index in [-0.39, 0.29) is 29.8 Å². The molecule has 0 bridgehead atoms. The number of anilines is 1. The molecule has 11 heteroatoms. The molecule has 170 valence electrons. The van der Waals surface area contributed by atoms with Gasteiger partial charge in [0.2, 0.25) is 0 Å². The predicted molar refractivity (Wildman–Crippen MR) is 114 cm³/mol. The molecule has 2 N–H and O–H groups in total. The number of rotatable bonds is 8. The van der Waals surface area contributed by atoms with Gasteiger partial charge in [-0.15, -0.1) is 0 Å². The maximum absolute atomic E-state index is 14.3. The van der Waals surface area contributed by atoms with Crippen LogP contribution in [0, 0.1) is 17.6 Å². The monoisotopic (exact) mass is 454 g/mol. The molecule has 0 saturated heterocycles. The number of carboxylic acids is 1. The Hall–Kier alpha value is -4.15. The van der Waals surface area contributed by atoms with Crippen molar-refractivity contribution in [3.05, 3.63) is 66.1 Å². The normalized spacial score (nSPS) is 12.2. The topological polar surface area (TPSA) is 119 Å². The van der Waals surface area contributed by atoms with E-state index in [4.69, 9.17) is 4.52 Å². The smallest absolute Gasteiger partial charge is 0.326 e. The molecule has 0 aliphatic rings.